The second-order valence-corrected chi connectivity index (χ2v) is 11.2. The molecule has 38 heavy (non-hydrogen) atoms. The molecule has 200 valence electrons. The number of benzene rings is 3. The number of piperidine rings is 1. The average Bonchev–Trinajstić information content (AvgIpc) is 3.30. The van der Waals surface area contributed by atoms with Crippen LogP contribution in [0.1, 0.15) is 91.1 Å². The molecule has 2 aliphatic heterocycles. The van der Waals surface area contributed by atoms with E-state index >= 15 is 0 Å². The largest absolute Gasteiger partial charge is 0.350 e. The zero-order valence-corrected chi connectivity index (χ0v) is 24.1. The van der Waals surface area contributed by atoms with E-state index in [2.05, 4.69) is 111 Å². The first-order chi connectivity index (χ1) is 18.5. The Hall–Kier alpha value is -2.91. The van der Waals surface area contributed by atoms with Gasteiger partial charge in [0.25, 0.3) is 0 Å². The maximum Gasteiger partial charge on any atom is 0.132 e. The van der Waals surface area contributed by atoms with Crippen LogP contribution in [0.3, 0.4) is 0 Å². The molecular formula is C35H45N3. The van der Waals surface area contributed by atoms with Crippen molar-refractivity contribution in [1.82, 2.24) is 9.80 Å². The fraction of sp³-hybridized carbons (Fsp3) is 0.457. The third-order valence-electron chi connectivity index (χ3n) is 8.67. The van der Waals surface area contributed by atoms with Crippen molar-refractivity contribution in [3.05, 3.63) is 106 Å². The van der Waals surface area contributed by atoms with Crippen molar-refractivity contribution in [2.75, 3.05) is 19.6 Å². The highest BCUT2D eigenvalue weighted by molar-refractivity contribution is 6.03. The molecule has 0 aromatic heterocycles. The van der Waals surface area contributed by atoms with Gasteiger partial charge in [-0.05, 0) is 75.3 Å². The van der Waals surface area contributed by atoms with Gasteiger partial charge in [-0.3, -0.25) is 9.89 Å². The van der Waals surface area contributed by atoms with Gasteiger partial charge in [-0.15, -0.1) is 0 Å². The van der Waals surface area contributed by atoms with Gasteiger partial charge in [-0.1, -0.05) is 98.1 Å². The van der Waals surface area contributed by atoms with Crippen LogP contribution in [0.25, 0.3) is 0 Å². The summed E-state index contributed by atoms with van der Waals surface area (Å²) < 4.78 is 0. The molecule has 3 heteroatoms. The molecule has 3 unspecified atom stereocenters. The standard InChI is InChI=1S/C35H45N3/c1-6-27-17-14-18-28(7-2)33(27)35-36-34(30-22-25(4)21-26(5)23-30)32(38(35)8-3)24-37-20-13-12-19-31(37)29-15-10-9-11-16-29/h9-11,14-18,21-23,31-32,34H,6-8,12-13,19-20,24H2,1-5H3. The summed E-state index contributed by atoms with van der Waals surface area (Å²) in [7, 11) is 0. The smallest absolute Gasteiger partial charge is 0.132 e. The van der Waals surface area contributed by atoms with Crippen LogP contribution >= 0.6 is 0 Å². The monoisotopic (exact) mass is 507 g/mol. The summed E-state index contributed by atoms with van der Waals surface area (Å²) in [4.78, 5) is 11.1. The quantitative estimate of drug-likeness (QED) is 0.309. The lowest BCUT2D eigenvalue weighted by atomic mass is 9.92. The van der Waals surface area contributed by atoms with Crippen LogP contribution in [-0.2, 0) is 12.8 Å². The topological polar surface area (TPSA) is 18.8 Å². The van der Waals surface area contributed by atoms with Gasteiger partial charge in [0.1, 0.15) is 5.84 Å². The Morgan fingerprint density at radius 3 is 2.11 bits per heavy atom. The zero-order valence-electron chi connectivity index (χ0n) is 24.1. The van der Waals surface area contributed by atoms with Crippen molar-refractivity contribution in [1.29, 1.82) is 0 Å². The van der Waals surface area contributed by atoms with E-state index in [-0.39, 0.29) is 6.04 Å². The van der Waals surface area contributed by atoms with Crippen molar-refractivity contribution >= 4 is 5.84 Å². The van der Waals surface area contributed by atoms with E-state index in [1.165, 1.54) is 64.0 Å². The average molecular weight is 508 g/mol. The summed E-state index contributed by atoms with van der Waals surface area (Å²) in [5.41, 5.74) is 9.70. The molecular weight excluding hydrogens is 462 g/mol. The third-order valence-corrected chi connectivity index (χ3v) is 8.67. The maximum atomic E-state index is 5.64. The van der Waals surface area contributed by atoms with Crippen molar-refractivity contribution in [2.45, 2.75) is 84.8 Å². The van der Waals surface area contributed by atoms with E-state index in [1.54, 1.807) is 0 Å². The highest BCUT2D eigenvalue weighted by Crippen LogP contribution is 2.39. The predicted octanol–water partition coefficient (Wildman–Crippen LogP) is 7.85. The molecule has 5 rings (SSSR count). The molecule has 0 N–H and O–H groups in total. The second-order valence-electron chi connectivity index (χ2n) is 11.2. The van der Waals surface area contributed by atoms with E-state index in [9.17, 15) is 0 Å². The molecule has 0 radical (unpaired) electrons. The molecule has 3 aromatic rings. The highest BCUT2D eigenvalue weighted by Gasteiger charge is 2.40. The number of hydrogen-bond donors (Lipinski definition) is 0. The molecule has 3 aromatic carbocycles. The summed E-state index contributed by atoms with van der Waals surface area (Å²) in [5.74, 6) is 1.21. The minimum atomic E-state index is 0.136. The Kier molecular flexibility index (Phi) is 8.33. The van der Waals surface area contributed by atoms with Crippen molar-refractivity contribution in [3.8, 4) is 0 Å². The Bertz CT molecular complexity index is 1220. The summed E-state index contributed by atoms with van der Waals surface area (Å²) in [6.45, 7) is 14.5. The summed E-state index contributed by atoms with van der Waals surface area (Å²) >= 11 is 0. The van der Waals surface area contributed by atoms with Gasteiger partial charge in [0.05, 0.1) is 12.1 Å². The van der Waals surface area contributed by atoms with Crippen LogP contribution < -0.4 is 0 Å². The van der Waals surface area contributed by atoms with Crippen LogP contribution in [0.2, 0.25) is 0 Å². The number of nitrogens with zero attached hydrogens (tertiary/aromatic N) is 3. The number of rotatable bonds is 8. The van der Waals surface area contributed by atoms with Crippen LogP contribution in [0.15, 0.2) is 71.7 Å². The lowest BCUT2D eigenvalue weighted by molar-refractivity contribution is 0.110. The molecule has 0 saturated carbocycles. The van der Waals surface area contributed by atoms with Crippen LogP contribution in [0.5, 0.6) is 0 Å². The van der Waals surface area contributed by atoms with Gasteiger partial charge in [0.15, 0.2) is 0 Å². The van der Waals surface area contributed by atoms with Crippen LogP contribution in [-0.4, -0.2) is 41.3 Å². The first kappa shape index (κ1) is 26.7. The molecule has 2 heterocycles. The number of amidine groups is 1. The number of likely N-dealkylation sites (tertiary alicyclic amines) is 1. The van der Waals surface area contributed by atoms with E-state index < -0.39 is 0 Å². The Balaban J connectivity index is 1.59. The lowest BCUT2D eigenvalue weighted by Crippen LogP contribution is -2.48. The Morgan fingerprint density at radius 1 is 0.789 bits per heavy atom. The van der Waals surface area contributed by atoms with Gasteiger partial charge in [0.2, 0.25) is 0 Å². The molecule has 3 atom stereocenters. The summed E-state index contributed by atoms with van der Waals surface area (Å²) in [6, 6.07) is 26.0. The van der Waals surface area contributed by atoms with E-state index in [0.29, 0.717) is 12.1 Å². The van der Waals surface area contributed by atoms with Crippen molar-refractivity contribution < 1.29 is 0 Å². The Labute approximate surface area is 230 Å². The molecule has 0 bridgehead atoms. The zero-order chi connectivity index (χ0) is 26.6. The molecule has 1 saturated heterocycles. The first-order valence-corrected chi connectivity index (χ1v) is 14.9. The molecule has 1 fully saturated rings. The van der Waals surface area contributed by atoms with Crippen LogP contribution in [0, 0.1) is 13.8 Å². The van der Waals surface area contributed by atoms with Crippen LogP contribution in [0.4, 0.5) is 0 Å². The van der Waals surface area contributed by atoms with Gasteiger partial charge < -0.3 is 4.90 Å². The minimum Gasteiger partial charge on any atom is -0.350 e. The lowest BCUT2D eigenvalue weighted by Gasteiger charge is -2.41. The maximum absolute atomic E-state index is 5.64. The summed E-state index contributed by atoms with van der Waals surface area (Å²) in [6.07, 6.45) is 5.89. The molecule has 3 nitrogen and oxygen atoms in total. The second kappa shape index (κ2) is 11.9. The van der Waals surface area contributed by atoms with Gasteiger partial charge in [0, 0.05) is 24.7 Å². The van der Waals surface area contributed by atoms with Gasteiger partial charge in [-0.25, -0.2) is 0 Å². The minimum absolute atomic E-state index is 0.136. The fourth-order valence-electron chi connectivity index (χ4n) is 6.92. The van der Waals surface area contributed by atoms with Gasteiger partial charge >= 0.3 is 0 Å². The third kappa shape index (κ3) is 5.31. The van der Waals surface area contributed by atoms with Gasteiger partial charge in [-0.2, -0.15) is 0 Å². The Morgan fingerprint density at radius 2 is 1.47 bits per heavy atom. The molecule has 2 aliphatic rings. The normalized spacial score (nSPS) is 22.1. The first-order valence-electron chi connectivity index (χ1n) is 14.9. The highest BCUT2D eigenvalue weighted by atomic mass is 15.3. The number of likely N-dealkylation sites (N-methyl/N-ethyl adjacent to an activating group) is 1. The molecule has 0 aliphatic carbocycles. The number of aryl methyl sites for hydroxylation is 4. The van der Waals surface area contributed by atoms with E-state index in [1.807, 2.05) is 0 Å². The van der Waals surface area contributed by atoms with E-state index in [0.717, 1.165) is 32.5 Å². The van der Waals surface area contributed by atoms with Crippen molar-refractivity contribution in [3.63, 3.8) is 0 Å². The molecule has 0 spiro atoms. The predicted molar refractivity (Wildman–Crippen MR) is 161 cm³/mol. The van der Waals surface area contributed by atoms with E-state index in [4.69, 9.17) is 4.99 Å². The molecule has 0 amide bonds. The summed E-state index contributed by atoms with van der Waals surface area (Å²) in [5, 5.41) is 0. The SMILES string of the molecule is CCc1cccc(CC)c1C1=NC(c2cc(C)cc(C)c2)C(CN2CCCCC2c2ccccc2)N1CC. The van der Waals surface area contributed by atoms with Crippen molar-refractivity contribution in [2.24, 2.45) is 4.99 Å². The number of hydrogen-bond acceptors (Lipinski definition) is 3. The number of aliphatic imine (C=N–C) groups is 1. The fourth-order valence-corrected chi connectivity index (χ4v) is 6.92.